The molecule has 0 amide bonds. The first-order chi connectivity index (χ1) is 12.8. The van der Waals surface area contributed by atoms with E-state index in [2.05, 4.69) is 36.7 Å². The SMILES string of the molecule is CN=C(NCCCn1cccn1)NCCSCCOc1cccc(Br)c1. The van der Waals surface area contributed by atoms with E-state index in [-0.39, 0.29) is 0 Å². The van der Waals surface area contributed by atoms with Crippen molar-refractivity contribution in [2.24, 2.45) is 4.99 Å². The molecule has 26 heavy (non-hydrogen) atoms. The number of nitrogens with one attached hydrogen (secondary N) is 2. The molecule has 0 fully saturated rings. The van der Waals surface area contributed by atoms with Crippen molar-refractivity contribution in [1.82, 2.24) is 20.4 Å². The predicted molar refractivity (Wildman–Crippen MR) is 113 cm³/mol. The van der Waals surface area contributed by atoms with Crippen LogP contribution in [0.4, 0.5) is 0 Å². The van der Waals surface area contributed by atoms with Gasteiger partial charge in [-0.3, -0.25) is 9.67 Å². The fraction of sp³-hybridized carbons (Fsp3) is 0.444. The van der Waals surface area contributed by atoms with Crippen LogP contribution in [0.5, 0.6) is 5.75 Å². The molecule has 0 saturated heterocycles. The Morgan fingerprint density at radius 3 is 2.92 bits per heavy atom. The molecule has 0 spiro atoms. The second-order valence-corrected chi connectivity index (χ2v) is 7.61. The number of ether oxygens (including phenoxy) is 1. The minimum absolute atomic E-state index is 0.710. The lowest BCUT2D eigenvalue weighted by Gasteiger charge is -2.12. The minimum atomic E-state index is 0.710. The number of aliphatic imine (C=N–C) groups is 1. The van der Waals surface area contributed by atoms with Crippen LogP contribution >= 0.6 is 27.7 Å². The molecular formula is C18H26BrN5OS. The van der Waals surface area contributed by atoms with Gasteiger partial charge in [-0.2, -0.15) is 16.9 Å². The Kier molecular flexibility index (Phi) is 10.0. The maximum absolute atomic E-state index is 5.72. The molecule has 0 aliphatic carbocycles. The van der Waals surface area contributed by atoms with Crippen LogP contribution in [0.2, 0.25) is 0 Å². The smallest absolute Gasteiger partial charge is 0.191 e. The van der Waals surface area contributed by atoms with E-state index in [0.29, 0.717) is 6.61 Å². The monoisotopic (exact) mass is 439 g/mol. The van der Waals surface area contributed by atoms with Crippen molar-refractivity contribution >= 4 is 33.7 Å². The van der Waals surface area contributed by atoms with Gasteiger partial charge in [0, 0.05) is 55.1 Å². The van der Waals surface area contributed by atoms with E-state index in [1.54, 1.807) is 13.2 Å². The Morgan fingerprint density at radius 1 is 1.27 bits per heavy atom. The van der Waals surface area contributed by atoms with Crippen LogP contribution in [0.15, 0.2) is 52.2 Å². The fourth-order valence-electron chi connectivity index (χ4n) is 2.22. The predicted octanol–water partition coefficient (Wildman–Crippen LogP) is 3.01. The van der Waals surface area contributed by atoms with Crippen molar-refractivity contribution in [3.63, 3.8) is 0 Å². The number of halogens is 1. The third-order valence-corrected chi connectivity index (χ3v) is 4.91. The number of aryl methyl sites for hydroxylation is 1. The van der Waals surface area contributed by atoms with Gasteiger partial charge in [-0.05, 0) is 30.7 Å². The molecule has 0 unspecified atom stereocenters. The zero-order valence-electron chi connectivity index (χ0n) is 15.0. The third kappa shape index (κ3) is 8.62. The summed E-state index contributed by atoms with van der Waals surface area (Å²) in [7, 11) is 1.79. The lowest BCUT2D eigenvalue weighted by molar-refractivity contribution is 0.344. The van der Waals surface area contributed by atoms with E-state index in [4.69, 9.17) is 4.74 Å². The second-order valence-electron chi connectivity index (χ2n) is 5.47. The Bertz CT molecular complexity index is 651. The summed E-state index contributed by atoms with van der Waals surface area (Å²) in [6, 6.07) is 9.86. The molecule has 2 aromatic rings. The number of rotatable bonds is 11. The minimum Gasteiger partial charge on any atom is -0.493 e. The summed E-state index contributed by atoms with van der Waals surface area (Å²) in [6.07, 6.45) is 4.78. The molecule has 0 aliphatic heterocycles. The zero-order valence-corrected chi connectivity index (χ0v) is 17.4. The topological polar surface area (TPSA) is 63.5 Å². The normalized spacial score (nSPS) is 11.4. The lowest BCUT2D eigenvalue weighted by Crippen LogP contribution is -2.39. The first-order valence-corrected chi connectivity index (χ1v) is 10.6. The van der Waals surface area contributed by atoms with Gasteiger partial charge in [-0.15, -0.1) is 0 Å². The summed E-state index contributed by atoms with van der Waals surface area (Å²) in [5.41, 5.74) is 0. The summed E-state index contributed by atoms with van der Waals surface area (Å²) >= 11 is 5.31. The molecular weight excluding hydrogens is 414 g/mol. The number of hydrogen-bond acceptors (Lipinski definition) is 4. The Hall–Kier alpha value is -1.67. The number of aromatic nitrogens is 2. The fourth-order valence-corrected chi connectivity index (χ4v) is 3.25. The summed E-state index contributed by atoms with van der Waals surface area (Å²) in [6.45, 7) is 3.36. The number of thioether (sulfide) groups is 1. The van der Waals surface area contributed by atoms with Crippen molar-refractivity contribution in [2.75, 3.05) is 38.2 Å². The van der Waals surface area contributed by atoms with Crippen molar-refractivity contribution in [3.8, 4) is 5.75 Å². The molecule has 2 rings (SSSR count). The summed E-state index contributed by atoms with van der Waals surface area (Å²) in [5.74, 6) is 3.72. The third-order valence-electron chi connectivity index (χ3n) is 3.47. The van der Waals surface area contributed by atoms with Crippen LogP contribution in [0.25, 0.3) is 0 Å². The van der Waals surface area contributed by atoms with E-state index in [1.165, 1.54) is 0 Å². The number of guanidine groups is 1. The maximum Gasteiger partial charge on any atom is 0.191 e. The Morgan fingerprint density at radius 2 is 2.15 bits per heavy atom. The van der Waals surface area contributed by atoms with Crippen LogP contribution in [-0.2, 0) is 6.54 Å². The van der Waals surface area contributed by atoms with Gasteiger partial charge in [0.2, 0.25) is 0 Å². The van der Waals surface area contributed by atoms with Gasteiger partial charge in [-0.1, -0.05) is 22.0 Å². The van der Waals surface area contributed by atoms with Crippen LogP contribution in [0.1, 0.15) is 6.42 Å². The van der Waals surface area contributed by atoms with Gasteiger partial charge >= 0.3 is 0 Å². The van der Waals surface area contributed by atoms with E-state index < -0.39 is 0 Å². The second kappa shape index (κ2) is 12.6. The van der Waals surface area contributed by atoms with Gasteiger partial charge < -0.3 is 15.4 Å². The van der Waals surface area contributed by atoms with Gasteiger partial charge in [0.05, 0.1) is 6.61 Å². The average Bonchev–Trinajstić information content (AvgIpc) is 3.16. The highest BCUT2D eigenvalue weighted by Gasteiger charge is 1.98. The zero-order chi connectivity index (χ0) is 18.5. The van der Waals surface area contributed by atoms with E-state index in [1.807, 2.05) is 53.0 Å². The van der Waals surface area contributed by atoms with Crippen molar-refractivity contribution in [1.29, 1.82) is 0 Å². The van der Waals surface area contributed by atoms with Crippen molar-refractivity contribution < 1.29 is 4.74 Å². The molecule has 6 nitrogen and oxygen atoms in total. The number of benzene rings is 1. The highest BCUT2D eigenvalue weighted by atomic mass is 79.9. The molecule has 0 atom stereocenters. The van der Waals surface area contributed by atoms with Crippen LogP contribution in [-0.4, -0.2) is 54.0 Å². The van der Waals surface area contributed by atoms with Gasteiger partial charge in [0.25, 0.3) is 0 Å². The Balaban J connectivity index is 1.46. The summed E-state index contributed by atoms with van der Waals surface area (Å²) < 4.78 is 8.69. The molecule has 0 aliphatic rings. The molecule has 1 aromatic heterocycles. The standard InChI is InChI=1S/C18H26BrN5OS/c1-20-18(21-7-3-10-24-11-4-8-23-24)22-9-13-26-14-12-25-17-6-2-5-16(19)15-17/h2,4-6,8,11,15H,3,7,9-10,12-14H2,1H3,(H2,20,21,22). The van der Waals surface area contributed by atoms with Gasteiger partial charge in [0.15, 0.2) is 5.96 Å². The Labute approximate surface area is 167 Å². The van der Waals surface area contributed by atoms with Gasteiger partial charge in [0.1, 0.15) is 5.75 Å². The quantitative estimate of drug-likeness (QED) is 0.320. The molecule has 2 N–H and O–H groups in total. The van der Waals surface area contributed by atoms with Crippen molar-refractivity contribution in [2.45, 2.75) is 13.0 Å². The van der Waals surface area contributed by atoms with Crippen LogP contribution in [0, 0.1) is 0 Å². The number of hydrogen-bond donors (Lipinski definition) is 2. The van der Waals surface area contributed by atoms with Crippen molar-refractivity contribution in [3.05, 3.63) is 47.2 Å². The summed E-state index contributed by atoms with van der Waals surface area (Å²) in [5, 5.41) is 10.8. The molecule has 1 aromatic carbocycles. The summed E-state index contributed by atoms with van der Waals surface area (Å²) in [4.78, 5) is 4.24. The molecule has 1 heterocycles. The van der Waals surface area contributed by atoms with Crippen LogP contribution in [0.3, 0.4) is 0 Å². The molecule has 8 heteroatoms. The lowest BCUT2D eigenvalue weighted by atomic mass is 10.3. The number of nitrogens with zero attached hydrogens (tertiary/aromatic N) is 3. The van der Waals surface area contributed by atoms with Gasteiger partial charge in [-0.25, -0.2) is 0 Å². The largest absolute Gasteiger partial charge is 0.493 e. The highest BCUT2D eigenvalue weighted by molar-refractivity contribution is 9.10. The van der Waals surface area contributed by atoms with Crippen LogP contribution < -0.4 is 15.4 Å². The van der Waals surface area contributed by atoms with E-state index in [9.17, 15) is 0 Å². The van der Waals surface area contributed by atoms with E-state index >= 15 is 0 Å². The van der Waals surface area contributed by atoms with E-state index in [0.717, 1.165) is 53.7 Å². The first kappa shape index (κ1) is 20.6. The molecule has 142 valence electrons. The molecule has 0 saturated carbocycles. The maximum atomic E-state index is 5.72. The average molecular weight is 440 g/mol. The molecule has 0 bridgehead atoms. The first-order valence-electron chi connectivity index (χ1n) is 8.66. The molecule has 0 radical (unpaired) electrons. The highest BCUT2D eigenvalue weighted by Crippen LogP contribution is 2.17.